The molecule has 1 saturated heterocycles. The smallest absolute Gasteiger partial charge is 0.223 e. The van der Waals surface area contributed by atoms with Gasteiger partial charge in [-0.2, -0.15) is 15.2 Å². The van der Waals surface area contributed by atoms with Crippen LogP contribution in [0.15, 0.2) is 36.5 Å². The molecule has 28 heavy (non-hydrogen) atoms. The molecule has 7 heteroatoms. The highest BCUT2D eigenvalue weighted by Crippen LogP contribution is 2.41. The second kappa shape index (κ2) is 6.74. The van der Waals surface area contributed by atoms with Gasteiger partial charge >= 0.3 is 0 Å². The van der Waals surface area contributed by atoms with Crippen molar-refractivity contribution in [1.29, 1.82) is 0 Å². The summed E-state index contributed by atoms with van der Waals surface area (Å²) in [7, 11) is 1.97. The van der Waals surface area contributed by atoms with Crippen molar-refractivity contribution in [2.24, 2.45) is 7.05 Å². The lowest BCUT2D eigenvalue weighted by Gasteiger charge is -2.43. The van der Waals surface area contributed by atoms with Gasteiger partial charge < -0.3 is 9.64 Å². The zero-order chi connectivity index (χ0) is 19.1. The van der Waals surface area contributed by atoms with Gasteiger partial charge in [0.1, 0.15) is 5.60 Å². The van der Waals surface area contributed by atoms with Crippen LogP contribution in [0.3, 0.4) is 0 Å². The second-order valence-corrected chi connectivity index (χ2v) is 7.67. The number of piperidine rings is 1. The van der Waals surface area contributed by atoms with E-state index in [1.807, 2.05) is 34.6 Å². The van der Waals surface area contributed by atoms with Gasteiger partial charge in [-0.1, -0.05) is 25.1 Å². The number of benzene rings is 1. The summed E-state index contributed by atoms with van der Waals surface area (Å²) in [5.74, 6) is 1.85. The van der Waals surface area contributed by atoms with Crippen LogP contribution < -0.4 is 4.90 Å². The molecule has 1 fully saturated rings. The van der Waals surface area contributed by atoms with E-state index < -0.39 is 0 Å². The summed E-state index contributed by atoms with van der Waals surface area (Å²) in [5.41, 5.74) is 3.25. The number of aromatic nitrogens is 5. The molecule has 0 aliphatic carbocycles. The first kappa shape index (κ1) is 17.4. The Hall–Kier alpha value is -2.67. The first-order valence-electron chi connectivity index (χ1n) is 10.1. The van der Waals surface area contributed by atoms with Crippen LogP contribution >= 0.6 is 0 Å². The highest BCUT2D eigenvalue weighted by molar-refractivity contribution is 5.38. The van der Waals surface area contributed by atoms with E-state index in [1.165, 1.54) is 5.56 Å². The van der Waals surface area contributed by atoms with Crippen LogP contribution in [0.2, 0.25) is 0 Å². The maximum absolute atomic E-state index is 6.38. The quantitative estimate of drug-likeness (QED) is 0.701. The first-order valence-corrected chi connectivity index (χ1v) is 10.1. The second-order valence-electron chi connectivity index (χ2n) is 7.67. The van der Waals surface area contributed by atoms with E-state index in [9.17, 15) is 0 Å². The van der Waals surface area contributed by atoms with Crippen molar-refractivity contribution in [3.63, 3.8) is 0 Å². The third-order valence-corrected chi connectivity index (χ3v) is 5.95. The van der Waals surface area contributed by atoms with Gasteiger partial charge in [-0.3, -0.25) is 0 Å². The molecule has 0 amide bonds. The van der Waals surface area contributed by atoms with Crippen molar-refractivity contribution >= 4 is 5.95 Å². The number of hydrogen-bond acceptors (Lipinski definition) is 5. The number of aryl methyl sites for hydroxylation is 2. The Labute approximate surface area is 164 Å². The molecule has 7 nitrogen and oxygen atoms in total. The lowest BCUT2D eigenvalue weighted by atomic mass is 9.84. The molecule has 0 atom stereocenters. The standard InChI is InChI=1S/C21H26N6O/c1-3-18-22-20(25(2)23-18)26-12-10-21(11-13-26)19-16(9-14-28-21)15-27(24-19)17-7-5-4-6-8-17/h4-8,15H,3,9-14H2,1-2H3. The van der Waals surface area contributed by atoms with Crippen LogP contribution in [0.5, 0.6) is 0 Å². The van der Waals surface area contributed by atoms with Gasteiger partial charge in [0.05, 0.1) is 18.0 Å². The van der Waals surface area contributed by atoms with Crippen LogP contribution in [0.4, 0.5) is 5.95 Å². The summed E-state index contributed by atoms with van der Waals surface area (Å²) in [6, 6.07) is 10.3. The molecule has 0 unspecified atom stereocenters. The molecule has 0 saturated carbocycles. The van der Waals surface area contributed by atoms with Gasteiger partial charge in [-0.05, 0) is 37.0 Å². The lowest BCUT2D eigenvalue weighted by Crippen LogP contribution is -2.47. The van der Waals surface area contributed by atoms with E-state index in [4.69, 9.17) is 14.8 Å². The SMILES string of the molecule is CCc1nc(N2CCC3(CC2)OCCc2cn(-c4ccccc4)nc23)n(C)n1. The topological polar surface area (TPSA) is 61.0 Å². The molecule has 1 spiro atoms. The van der Waals surface area contributed by atoms with Crippen LogP contribution in [0.25, 0.3) is 5.69 Å². The number of anilines is 1. The lowest BCUT2D eigenvalue weighted by molar-refractivity contribution is -0.0798. The van der Waals surface area contributed by atoms with E-state index in [2.05, 4.69) is 35.3 Å². The summed E-state index contributed by atoms with van der Waals surface area (Å²) in [4.78, 5) is 7.01. The Bertz CT molecular complexity index is 968. The molecule has 2 aromatic heterocycles. The maximum Gasteiger partial charge on any atom is 0.223 e. The molecule has 0 radical (unpaired) electrons. The van der Waals surface area contributed by atoms with Crippen LogP contribution in [0.1, 0.15) is 36.8 Å². The van der Waals surface area contributed by atoms with Crippen molar-refractivity contribution in [2.45, 2.75) is 38.2 Å². The van der Waals surface area contributed by atoms with E-state index in [1.54, 1.807) is 0 Å². The molecule has 146 valence electrons. The van der Waals surface area contributed by atoms with Gasteiger partial charge in [-0.15, -0.1) is 0 Å². The normalized spacial score (nSPS) is 18.4. The largest absolute Gasteiger partial charge is 0.368 e. The number of ether oxygens (including phenoxy) is 1. The van der Waals surface area contributed by atoms with Crippen molar-refractivity contribution in [3.05, 3.63) is 53.6 Å². The minimum atomic E-state index is -0.281. The van der Waals surface area contributed by atoms with E-state index in [0.29, 0.717) is 0 Å². The van der Waals surface area contributed by atoms with Gasteiger partial charge in [0.2, 0.25) is 5.95 Å². The van der Waals surface area contributed by atoms with Gasteiger partial charge in [0.15, 0.2) is 5.82 Å². The third-order valence-electron chi connectivity index (χ3n) is 5.95. The maximum atomic E-state index is 6.38. The summed E-state index contributed by atoms with van der Waals surface area (Å²) in [6.45, 7) is 4.64. The summed E-state index contributed by atoms with van der Waals surface area (Å²) < 4.78 is 10.3. The van der Waals surface area contributed by atoms with Crippen molar-refractivity contribution in [3.8, 4) is 5.69 Å². The van der Waals surface area contributed by atoms with Crippen molar-refractivity contribution < 1.29 is 4.74 Å². The van der Waals surface area contributed by atoms with Crippen LogP contribution in [0, 0.1) is 0 Å². The summed E-state index contributed by atoms with van der Waals surface area (Å²) in [5, 5.41) is 9.47. The zero-order valence-electron chi connectivity index (χ0n) is 16.5. The summed E-state index contributed by atoms with van der Waals surface area (Å²) in [6.07, 6.45) is 5.80. The Balaban J connectivity index is 1.41. The predicted octanol–water partition coefficient (Wildman–Crippen LogP) is 2.63. The average molecular weight is 378 g/mol. The molecule has 0 N–H and O–H groups in total. The van der Waals surface area contributed by atoms with Crippen molar-refractivity contribution in [2.75, 3.05) is 24.6 Å². The van der Waals surface area contributed by atoms with E-state index >= 15 is 0 Å². The molecule has 3 aromatic rings. The molecule has 2 aliphatic heterocycles. The van der Waals surface area contributed by atoms with Gasteiger partial charge in [-0.25, -0.2) is 9.36 Å². The third kappa shape index (κ3) is 2.81. The molecule has 5 rings (SSSR count). The van der Waals surface area contributed by atoms with Crippen molar-refractivity contribution in [1.82, 2.24) is 24.5 Å². The Morgan fingerprint density at radius 3 is 2.61 bits per heavy atom. The fourth-order valence-corrected chi connectivity index (χ4v) is 4.42. The minimum absolute atomic E-state index is 0.281. The highest BCUT2D eigenvalue weighted by Gasteiger charge is 2.44. The number of fused-ring (bicyclic) bond motifs is 2. The number of hydrogen-bond donors (Lipinski definition) is 0. The fourth-order valence-electron chi connectivity index (χ4n) is 4.42. The van der Waals surface area contributed by atoms with Crippen LogP contribution in [-0.4, -0.2) is 44.2 Å². The average Bonchev–Trinajstić information content (AvgIpc) is 3.34. The summed E-state index contributed by atoms with van der Waals surface area (Å²) >= 11 is 0. The Morgan fingerprint density at radius 2 is 1.89 bits per heavy atom. The molecule has 1 aromatic carbocycles. The van der Waals surface area contributed by atoms with Gasteiger partial charge in [0, 0.05) is 32.8 Å². The molecule has 0 bridgehead atoms. The Kier molecular flexibility index (Phi) is 4.19. The van der Waals surface area contributed by atoms with E-state index in [0.717, 1.165) is 68.5 Å². The molecule has 2 aliphatic rings. The number of rotatable bonds is 3. The first-order chi connectivity index (χ1) is 13.7. The zero-order valence-corrected chi connectivity index (χ0v) is 16.5. The highest BCUT2D eigenvalue weighted by atomic mass is 16.5. The predicted molar refractivity (Wildman–Crippen MR) is 107 cm³/mol. The monoisotopic (exact) mass is 378 g/mol. The van der Waals surface area contributed by atoms with Gasteiger partial charge in [0.25, 0.3) is 0 Å². The minimum Gasteiger partial charge on any atom is -0.368 e. The van der Waals surface area contributed by atoms with E-state index in [-0.39, 0.29) is 5.60 Å². The molecular weight excluding hydrogens is 352 g/mol. The number of para-hydroxylation sites is 1. The number of nitrogens with zero attached hydrogens (tertiary/aromatic N) is 6. The molecular formula is C21H26N6O. The fraction of sp³-hybridized carbons (Fsp3) is 0.476. The molecule has 4 heterocycles. The van der Waals surface area contributed by atoms with Crippen LogP contribution in [-0.2, 0) is 30.2 Å². The Morgan fingerprint density at radius 1 is 1.11 bits per heavy atom.